The first-order chi connectivity index (χ1) is 7.27. The van der Waals surface area contributed by atoms with Crippen molar-refractivity contribution in [1.29, 1.82) is 0 Å². The molecule has 1 aromatic heterocycles. The van der Waals surface area contributed by atoms with E-state index in [9.17, 15) is 5.11 Å². The summed E-state index contributed by atoms with van der Waals surface area (Å²) in [5, 5.41) is 12.1. The number of aliphatic hydroxyl groups excluding tert-OH is 1. The van der Waals surface area contributed by atoms with Crippen LogP contribution in [-0.2, 0) is 11.2 Å². The molecule has 1 aromatic rings. The molecule has 0 spiro atoms. The third kappa shape index (κ3) is 3.03. The second-order valence-corrected chi connectivity index (χ2v) is 5.80. The summed E-state index contributed by atoms with van der Waals surface area (Å²) in [6.07, 6.45) is 2.64. The molecule has 2 rings (SSSR count). The summed E-state index contributed by atoms with van der Waals surface area (Å²) in [4.78, 5) is 1.23. The van der Waals surface area contributed by atoms with Gasteiger partial charge in [0.25, 0.3) is 0 Å². The first-order valence-corrected chi connectivity index (χ1v) is 6.92. The van der Waals surface area contributed by atoms with Gasteiger partial charge in [-0.15, -0.1) is 11.3 Å². The summed E-state index contributed by atoms with van der Waals surface area (Å²) < 4.78 is 6.50. The molecule has 1 aliphatic heterocycles. The Kier molecular flexibility index (Phi) is 4.20. The Hall–Kier alpha value is 0.1000. The lowest BCUT2D eigenvalue weighted by Gasteiger charge is -2.26. The van der Waals surface area contributed by atoms with E-state index in [-0.39, 0.29) is 6.10 Å². The lowest BCUT2D eigenvalue weighted by molar-refractivity contribution is -0.00824. The summed E-state index contributed by atoms with van der Waals surface area (Å²) in [5.74, 6) is 0.313. The molecule has 0 saturated carbocycles. The molecule has 0 radical (unpaired) electrons. The van der Waals surface area contributed by atoms with Gasteiger partial charge in [0.05, 0.1) is 12.7 Å². The van der Waals surface area contributed by atoms with Gasteiger partial charge in [-0.05, 0) is 40.2 Å². The van der Waals surface area contributed by atoms with Gasteiger partial charge >= 0.3 is 0 Å². The van der Waals surface area contributed by atoms with Crippen molar-refractivity contribution < 1.29 is 9.84 Å². The van der Waals surface area contributed by atoms with Crippen molar-refractivity contribution in [2.24, 2.45) is 5.92 Å². The van der Waals surface area contributed by atoms with Crippen LogP contribution in [0.5, 0.6) is 0 Å². The number of thiophene rings is 1. The van der Waals surface area contributed by atoms with Crippen LogP contribution in [0.3, 0.4) is 0 Å². The van der Waals surface area contributed by atoms with E-state index in [0.29, 0.717) is 12.5 Å². The number of ether oxygens (including phenoxy) is 1. The highest BCUT2D eigenvalue weighted by Crippen LogP contribution is 2.27. The standard InChI is InChI=1S/C11H15BrO2S/c12-9-3-5-15-11(9)6-10(13)8-2-1-4-14-7-8/h3,5,8,10,13H,1-2,4,6-7H2. The van der Waals surface area contributed by atoms with Crippen LogP contribution in [0.15, 0.2) is 15.9 Å². The molecular weight excluding hydrogens is 276 g/mol. The molecule has 15 heavy (non-hydrogen) atoms. The average molecular weight is 291 g/mol. The third-order valence-corrected chi connectivity index (χ3v) is 4.77. The fourth-order valence-electron chi connectivity index (χ4n) is 1.90. The summed E-state index contributed by atoms with van der Waals surface area (Å²) in [5.41, 5.74) is 0. The zero-order valence-electron chi connectivity index (χ0n) is 8.49. The maximum atomic E-state index is 10.1. The SMILES string of the molecule is OC(Cc1sccc1Br)C1CCCOC1. The number of hydrogen-bond acceptors (Lipinski definition) is 3. The molecule has 0 aromatic carbocycles. The van der Waals surface area contributed by atoms with Gasteiger partial charge in [-0.2, -0.15) is 0 Å². The van der Waals surface area contributed by atoms with E-state index < -0.39 is 0 Å². The molecule has 1 fully saturated rings. The van der Waals surface area contributed by atoms with E-state index >= 15 is 0 Å². The van der Waals surface area contributed by atoms with Crippen LogP contribution < -0.4 is 0 Å². The first kappa shape index (κ1) is 11.6. The smallest absolute Gasteiger partial charge is 0.0638 e. The van der Waals surface area contributed by atoms with Crippen molar-refractivity contribution in [2.45, 2.75) is 25.4 Å². The monoisotopic (exact) mass is 290 g/mol. The van der Waals surface area contributed by atoms with Gasteiger partial charge in [-0.25, -0.2) is 0 Å². The van der Waals surface area contributed by atoms with Crippen molar-refractivity contribution in [3.05, 3.63) is 20.8 Å². The van der Waals surface area contributed by atoms with Crippen LogP contribution in [0.25, 0.3) is 0 Å². The van der Waals surface area contributed by atoms with Crippen molar-refractivity contribution in [3.63, 3.8) is 0 Å². The lowest BCUT2D eigenvalue weighted by atomic mass is 9.93. The Morgan fingerprint density at radius 3 is 3.13 bits per heavy atom. The van der Waals surface area contributed by atoms with E-state index in [1.807, 2.05) is 11.4 Å². The Labute approximate surface area is 102 Å². The molecule has 0 amide bonds. The van der Waals surface area contributed by atoms with Gasteiger partial charge in [0.2, 0.25) is 0 Å². The molecule has 84 valence electrons. The minimum Gasteiger partial charge on any atom is -0.392 e. The molecular formula is C11H15BrO2S. The maximum Gasteiger partial charge on any atom is 0.0638 e. The second-order valence-electron chi connectivity index (χ2n) is 3.94. The van der Waals surface area contributed by atoms with Crippen LogP contribution in [-0.4, -0.2) is 24.4 Å². The molecule has 2 heterocycles. The Morgan fingerprint density at radius 1 is 1.67 bits per heavy atom. The molecule has 0 bridgehead atoms. The second kappa shape index (κ2) is 5.43. The fourth-order valence-corrected chi connectivity index (χ4v) is 3.46. The number of rotatable bonds is 3. The van der Waals surface area contributed by atoms with Crippen LogP contribution in [0.1, 0.15) is 17.7 Å². The quantitative estimate of drug-likeness (QED) is 0.928. The number of halogens is 1. The van der Waals surface area contributed by atoms with E-state index in [1.54, 1.807) is 11.3 Å². The first-order valence-electron chi connectivity index (χ1n) is 5.25. The molecule has 0 aliphatic carbocycles. The molecule has 1 saturated heterocycles. The zero-order valence-corrected chi connectivity index (χ0v) is 10.9. The average Bonchev–Trinajstić information content (AvgIpc) is 2.66. The zero-order chi connectivity index (χ0) is 10.7. The van der Waals surface area contributed by atoms with Crippen LogP contribution in [0.4, 0.5) is 0 Å². The largest absolute Gasteiger partial charge is 0.392 e. The van der Waals surface area contributed by atoms with E-state index in [4.69, 9.17) is 4.74 Å². The van der Waals surface area contributed by atoms with Gasteiger partial charge in [0.15, 0.2) is 0 Å². The van der Waals surface area contributed by atoms with Crippen molar-refractivity contribution in [2.75, 3.05) is 13.2 Å². The lowest BCUT2D eigenvalue weighted by Crippen LogP contribution is -2.30. The molecule has 2 atom stereocenters. The molecule has 4 heteroatoms. The van der Waals surface area contributed by atoms with Crippen LogP contribution in [0, 0.1) is 5.92 Å². The summed E-state index contributed by atoms with van der Waals surface area (Å²) in [7, 11) is 0. The highest BCUT2D eigenvalue weighted by Gasteiger charge is 2.23. The van der Waals surface area contributed by atoms with Crippen LogP contribution >= 0.6 is 27.3 Å². The van der Waals surface area contributed by atoms with E-state index in [1.165, 1.54) is 4.88 Å². The van der Waals surface area contributed by atoms with Crippen molar-refractivity contribution in [3.8, 4) is 0 Å². The van der Waals surface area contributed by atoms with Crippen LogP contribution in [0.2, 0.25) is 0 Å². The topological polar surface area (TPSA) is 29.5 Å². The van der Waals surface area contributed by atoms with Gasteiger partial charge in [-0.1, -0.05) is 0 Å². The van der Waals surface area contributed by atoms with Crippen molar-refractivity contribution >= 4 is 27.3 Å². The van der Waals surface area contributed by atoms with Crippen molar-refractivity contribution in [1.82, 2.24) is 0 Å². The van der Waals surface area contributed by atoms with Gasteiger partial charge in [0.1, 0.15) is 0 Å². The fraction of sp³-hybridized carbons (Fsp3) is 0.636. The number of hydrogen-bond donors (Lipinski definition) is 1. The van der Waals surface area contributed by atoms with Gasteiger partial charge < -0.3 is 9.84 Å². The van der Waals surface area contributed by atoms with Gasteiger partial charge in [0, 0.05) is 28.3 Å². The maximum absolute atomic E-state index is 10.1. The normalized spacial score (nSPS) is 24.0. The summed E-state index contributed by atoms with van der Waals surface area (Å²) in [6.45, 7) is 1.57. The summed E-state index contributed by atoms with van der Waals surface area (Å²) in [6, 6.07) is 2.03. The minimum absolute atomic E-state index is 0.264. The summed E-state index contributed by atoms with van der Waals surface area (Å²) >= 11 is 5.18. The predicted molar refractivity (Wildman–Crippen MR) is 65.3 cm³/mol. The van der Waals surface area contributed by atoms with E-state index in [2.05, 4.69) is 15.9 Å². The third-order valence-electron chi connectivity index (χ3n) is 2.83. The van der Waals surface area contributed by atoms with E-state index in [0.717, 1.165) is 30.3 Å². The number of aliphatic hydroxyl groups is 1. The Morgan fingerprint density at radius 2 is 2.53 bits per heavy atom. The Balaban J connectivity index is 1.91. The highest BCUT2D eigenvalue weighted by molar-refractivity contribution is 9.10. The van der Waals surface area contributed by atoms with Gasteiger partial charge in [-0.3, -0.25) is 0 Å². The molecule has 1 N–H and O–H groups in total. The highest BCUT2D eigenvalue weighted by atomic mass is 79.9. The molecule has 1 aliphatic rings. The molecule has 2 nitrogen and oxygen atoms in total. The Bertz CT molecular complexity index is 307. The molecule has 2 unspecified atom stereocenters. The predicted octanol–water partition coefficient (Wildman–Crippen LogP) is 2.84. The minimum atomic E-state index is -0.264.